The number of benzene rings is 1. The van der Waals surface area contributed by atoms with Crippen molar-refractivity contribution >= 4 is 17.5 Å². The molecule has 0 radical (unpaired) electrons. The van der Waals surface area contributed by atoms with Crippen LogP contribution in [-0.2, 0) is 9.59 Å². The Hall–Kier alpha value is -1.95. The molecule has 6 heteroatoms. The second kappa shape index (κ2) is 5.58. The van der Waals surface area contributed by atoms with Gasteiger partial charge in [-0.3, -0.25) is 14.9 Å². The second-order valence-corrected chi connectivity index (χ2v) is 4.82. The van der Waals surface area contributed by atoms with Crippen LogP contribution in [0.5, 0.6) is 0 Å². The standard InChI is InChI=1S/C14H17FN2O3/c1-3-11-14(20)16-12(19)7-17(11)13-9(8(2)18)5-4-6-10(13)15/h4-6,8,11,18H,3,7H2,1-2H3,(H,16,19,20)/t8-,11?/m0/s1. The number of nitrogens with zero attached hydrogens (tertiary/aromatic N) is 1. The van der Waals surface area contributed by atoms with Crippen LogP contribution in [-0.4, -0.2) is 29.5 Å². The number of para-hydroxylation sites is 1. The van der Waals surface area contributed by atoms with Crippen LogP contribution in [0.2, 0.25) is 0 Å². The van der Waals surface area contributed by atoms with Gasteiger partial charge in [0.2, 0.25) is 11.8 Å². The number of carbonyl (C=O) groups excluding carboxylic acids is 2. The van der Waals surface area contributed by atoms with Gasteiger partial charge in [0.15, 0.2) is 0 Å². The highest BCUT2D eigenvalue weighted by molar-refractivity contribution is 6.04. The Balaban J connectivity index is 2.53. The summed E-state index contributed by atoms with van der Waals surface area (Å²) in [6.45, 7) is 3.20. The summed E-state index contributed by atoms with van der Waals surface area (Å²) in [7, 11) is 0. The number of nitrogens with one attached hydrogen (secondary N) is 1. The first-order valence-corrected chi connectivity index (χ1v) is 6.52. The van der Waals surface area contributed by atoms with Crippen molar-refractivity contribution in [1.82, 2.24) is 5.32 Å². The lowest BCUT2D eigenvalue weighted by molar-refractivity contribution is -0.132. The SMILES string of the molecule is CCC1C(=O)NC(=O)CN1c1c(F)cccc1[C@H](C)O. The Morgan fingerprint density at radius 3 is 2.80 bits per heavy atom. The van der Waals surface area contributed by atoms with E-state index in [-0.39, 0.29) is 12.2 Å². The molecule has 0 aromatic heterocycles. The summed E-state index contributed by atoms with van der Waals surface area (Å²) >= 11 is 0. The molecule has 2 N–H and O–H groups in total. The minimum atomic E-state index is -0.890. The normalized spacial score (nSPS) is 20.8. The molecule has 1 aromatic rings. The summed E-state index contributed by atoms with van der Waals surface area (Å²) in [6.07, 6.45) is -0.453. The largest absolute Gasteiger partial charge is 0.389 e. The van der Waals surface area contributed by atoms with Gasteiger partial charge in [-0.1, -0.05) is 19.1 Å². The van der Waals surface area contributed by atoms with Crippen LogP contribution in [0.4, 0.5) is 10.1 Å². The molecular formula is C14H17FN2O3. The first-order valence-electron chi connectivity index (χ1n) is 6.52. The molecular weight excluding hydrogens is 263 g/mol. The molecule has 5 nitrogen and oxygen atoms in total. The summed E-state index contributed by atoms with van der Waals surface area (Å²) in [5.74, 6) is -1.47. The molecule has 2 rings (SSSR count). The van der Waals surface area contributed by atoms with E-state index in [4.69, 9.17) is 0 Å². The lowest BCUT2D eigenvalue weighted by atomic mass is 10.0. The Morgan fingerprint density at radius 2 is 2.20 bits per heavy atom. The smallest absolute Gasteiger partial charge is 0.249 e. The van der Waals surface area contributed by atoms with Crippen molar-refractivity contribution in [3.63, 3.8) is 0 Å². The maximum atomic E-state index is 14.2. The van der Waals surface area contributed by atoms with Gasteiger partial charge in [-0.2, -0.15) is 0 Å². The number of anilines is 1. The zero-order chi connectivity index (χ0) is 14.9. The van der Waals surface area contributed by atoms with Crippen LogP contribution in [0.25, 0.3) is 0 Å². The lowest BCUT2D eigenvalue weighted by Gasteiger charge is -2.36. The van der Waals surface area contributed by atoms with E-state index in [2.05, 4.69) is 5.32 Å². The van der Waals surface area contributed by atoms with Crippen molar-refractivity contribution in [3.8, 4) is 0 Å². The first-order chi connectivity index (χ1) is 9.45. The molecule has 1 unspecified atom stereocenters. The van der Waals surface area contributed by atoms with Crippen molar-refractivity contribution in [1.29, 1.82) is 0 Å². The van der Waals surface area contributed by atoms with Crippen LogP contribution in [0.1, 0.15) is 31.9 Å². The van der Waals surface area contributed by atoms with Crippen molar-refractivity contribution in [2.45, 2.75) is 32.4 Å². The maximum Gasteiger partial charge on any atom is 0.249 e. The van der Waals surface area contributed by atoms with Gasteiger partial charge in [-0.05, 0) is 19.4 Å². The van der Waals surface area contributed by atoms with E-state index in [9.17, 15) is 19.1 Å². The van der Waals surface area contributed by atoms with Crippen molar-refractivity contribution < 1.29 is 19.1 Å². The zero-order valence-electron chi connectivity index (χ0n) is 11.4. The van der Waals surface area contributed by atoms with Crippen LogP contribution < -0.4 is 10.2 Å². The van der Waals surface area contributed by atoms with Gasteiger partial charge in [0.1, 0.15) is 11.9 Å². The molecule has 1 aromatic carbocycles. The Bertz CT molecular complexity index is 545. The minimum absolute atomic E-state index is 0.106. The summed E-state index contributed by atoms with van der Waals surface area (Å²) in [6, 6.07) is 3.72. The fraction of sp³-hybridized carbons (Fsp3) is 0.429. The Kier molecular flexibility index (Phi) is 4.04. The first kappa shape index (κ1) is 14.5. The molecule has 20 heavy (non-hydrogen) atoms. The summed E-state index contributed by atoms with van der Waals surface area (Å²) in [4.78, 5) is 24.8. The second-order valence-electron chi connectivity index (χ2n) is 4.82. The Labute approximate surface area is 116 Å². The van der Waals surface area contributed by atoms with Crippen LogP contribution in [0.15, 0.2) is 18.2 Å². The van der Waals surface area contributed by atoms with E-state index in [0.29, 0.717) is 12.0 Å². The van der Waals surface area contributed by atoms with Gasteiger partial charge >= 0.3 is 0 Å². The third-order valence-corrected chi connectivity index (χ3v) is 3.40. The van der Waals surface area contributed by atoms with Gasteiger partial charge in [-0.15, -0.1) is 0 Å². The molecule has 1 aliphatic rings. The molecule has 108 valence electrons. The quantitative estimate of drug-likeness (QED) is 0.814. The number of piperazine rings is 1. The summed E-state index contributed by atoms with van der Waals surface area (Å²) in [5, 5.41) is 12.0. The monoisotopic (exact) mass is 280 g/mol. The summed E-state index contributed by atoms with van der Waals surface area (Å²) < 4.78 is 14.2. The average Bonchev–Trinajstić information content (AvgIpc) is 2.37. The molecule has 0 spiro atoms. The van der Waals surface area contributed by atoms with Crippen molar-refractivity contribution in [2.24, 2.45) is 0 Å². The number of hydrogen-bond donors (Lipinski definition) is 2. The molecule has 0 saturated carbocycles. The topological polar surface area (TPSA) is 69.6 Å². The highest BCUT2D eigenvalue weighted by atomic mass is 19.1. The minimum Gasteiger partial charge on any atom is -0.389 e. The highest BCUT2D eigenvalue weighted by Crippen LogP contribution is 2.32. The van der Waals surface area contributed by atoms with E-state index in [0.717, 1.165) is 0 Å². The van der Waals surface area contributed by atoms with Gasteiger partial charge in [0.05, 0.1) is 18.3 Å². The van der Waals surface area contributed by atoms with Gasteiger partial charge < -0.3 is 10.0 Å². The molecule has 2 atom stereocenters. The highest BCUT2D eigenvalue weighted by Gasteiger charge is 2.35. The van der Waals surface area contributed by atoms with E-state index in [1.807, 2.05) is 0 Å². The van der Waals surface area contributed by atoms with Gasteiger partial charge in [-0.25, -0.2) is 4.39 Å². The fourth-order valence-corrected chi connectivity index (χ4v) is 2.48. The number of imide groups is 1. The number of aliphatic hydroxyl groups is 1. The molecule has 1 fully saturated rings. The molecule has 1 aliphatic heterocycles. The predicted octanol–water partition coefficient (Wildman–Crippen LogP) is 1.12. The molecule has 1 saturated heterocycles. The fourth-order valence-electron chi connectivity index (χ4n) is 2.48. The van der Waals surface area contributed by atoms with E-state index < -0.39 is 29.8 Å². The molecule has 1 heterocycles. The van der Waals surface area contributed by atoms with Crippen molar-refractivity contribution in [2.75, 3.05) is 11.4 Å². The third-order valence-electron chi connectivity index (χ3n) is 3.40. The van der Waals surface area contributed by atoms with E-state index >= 15 is 0 Å². The zero-order valence-corrected chi connectivity index (χ0v) is 11.4. The number of hydrogen-bond acceptors (Lipinski definition) is 4. The maximum absolute atomic E-state index is 14.2. The number of aliphatic hydroxyl groups excluding tert-OH is 1. The molecule has 2 amide bonds. The molecule has 0 bridgehead atoms. The van der Waals surface area contributed by atoms with Gasteiger partial charge in [0.25, 0.3) is 0 Å². The van der Waals surface area contributed by atoms with Crippen LogP contribution in [0, 0.1) is 5.82 Å². The van der Waals surface area contributed by atoms with Crippen LogP contribution in [0.3, 0.4) is 0 Å². The van der Waals surface area contributed by atoms with Crippen molar-refractivity contribution in [3.05, 3.63) is 29.6 Å². The number of amides is 2. The number of rotatable bonds is 3. The lowest BCUT2D eigenvalue weighted by Crippen LogP contribution is -2.58. The average molecular weight is 280 g/mol. The van der Waals surface area contributed by atoms with Crippen LogP contribution >= 0.6 is 0 Å². The molecule has 0 aliphatic carbocycles. The Morgan fingerprint density at radius 1 is 1.50 bits per heavy atom. The van der Waals surface area contributed by atoms with E-state index in [1.54, 1.807) is 13.0 Å². The summed E-state index contributed by atoms with van der Waals surface area (Å²) in [5.41, 5.74) is 0.489. The van der Waals surface area contributed by atoms with Gasteiger partial charge in [0, 0.05) is 5.56 Å². The third kappa shape index (κ3) is 2.51. The number of halogens is 1. The predicted molar refractivity (Wildman–Crippen MR) is 71.6 cm³/mol. The van der Waals surface area contributed by atoms with E-state index in [1.165, 1.54) is 24.0 Å². The number of carbonyl (C=O) groups is 2.